The molecule has 7 heteroatoms. The smallest absolute Gasteiger partial charge is 0.263 e. The van der Waals surface area contributed by atoms with Gasteiger partial charge in [0, 0.05) is 10.7 Å². The lowest BCUT2D eigenvalue weighted by molar-refractivity contribution is 0.600. The van der Waals surface area contributed by atoms with Crippen LogP contribution in [-0.4, -0.2) is 13.4 Å². The van der Waals surface area contributed by atoms with Crippen LogP contribution in [-0.2, 0) is 16.4 Å². The van der Waals surface area contributed by atoms with Gasteiger partial charge in [0.25, 0.3) is 10.0 Å². The van der Waals surface area contributed by atoms with Crippen molar-refractivity contribution in [2.24, 2.45) is 0 Å². The zero-order valence-corrected chi connectivity index (χ0v) is 13.8. The highest BCUT2D eigenvalue weighted by Crippen LogP contribution is 2.23. The van der Waals surface area contributed by atoms with E-state index in [9.17, 15) is 8.42 Å². The first-order valence-electron chi connectivity index (χ1n) is 5.85. The molecule has 0 radical (unpaired) electrons. The van der Waals surface area contributed by atoms with Gasteiger partial charge < -0.3 is 0 Å². The first-order chi connectivity index (χ1) is 9.42. The van der Waals surface area contributed by atoms with Gasteiger partial charge in [0.05, 0.1) is 9.92 Å². The molecule has 20 heavy (non-hydrogen) atoms. The number of anilines is 1. The summed E-state index contributed by atoms with van der Waals surface area (Å²) in [5, 5.41) is 0.450. The highest BCUT2D eigenvalue weighted by atomic mass is 79.9. The monoisotopic (exact) mass is 374 g/mol. The number of nitrogens with zero attached hydrogens (tertiary/aromatic N) is 1. The minimum absolute atomic E-state index is 0.236. The number of aromatic nitrogens is 1. The number of hydrogen-bond acceptors (Lipinski definition) is 3. The number of benzene rings is 1. The van der Waals surface area contributed by atoms with Gasteiger partial charge in [-0.05, 0) is 42.3 Å². The van der Waals surface area contributed by atoms with Gasteiger partial charge in [-0.1, -0.05) is 34.5 Å². The Labute approximate surface area is 131 Å². The van der Waals surface area contributed by atoms with Crippen LogP contribution in [0.5, 0.6) is 0 Å². The zero-order chi connectivity index (χ0) is 14.8. The van der Waals surface area contributed by atoms with E-state index in [1.807, 2.05) is 6.92 Å². The van der Waals surface area contributed by atoms with E-state index in [1.165, 1.54) is 12.3 Å². The third-order valence-corrected chi connectivity index (χ3v) is 4.83. The minimum Gasteiger partial charge on any atom is -0.263 e. The molecule has 0 saturated carbocycles. The molecule has 1 N–H and O–H groups in total. The Balaban J connectivity index is 2.38. The van der Waals surface area contributed by atoms with Crippen LogP contribution in [0.2, 0.25) is 5.02 Å². The standard InChI is InChI=1S/C13H12BrClN2O2S/c1-2-9-7-10(14)3-5-12(9)20(18,19)17-13-6-4-11(15)8-16-13/h3-8H,2H2,1H3,(H,16,17). The molecule has 0 aliphatic rings. The number of hydrogen-bond donors (Lipinski definition) is 1. The lowest BCUT2D eigenvalue weighted by atomic mass is 10.2. The van der Waals surface area contributed by atoms with E-state index >= 15 is 0 Å². The van der Waals surface area contributed by atoms with Crippen LogP contribution in [0, 0.1) is 0 Å². The van der Waals surface area contributed by atoms with Crippen molar-refractivity contribution in [3.05, 3.63) is 51.6 Å². The Hall–Kier alpha value is -1.11. The predicted octanol–water partition coefficient (Wildman–Crippen LogP) is 3.86. The fraction of sp³-hybridized carbons (Fsp3) is 0.154. The number of nitrogens with one attached hydrogen (secondary N) is 1. The van der Waals surface area contributed by atoms with E-state index in [-0.39, 0.29) is 10.7 Å². The van der Waals surface area contributed by atoms with Gasteiger partial charge in [-0.25, -0.2) is 13.4 Å². The fourth-order valence-electron chi connectivity index (χ4n) is 1.72. The molecule has 0 atom stereocenters. The van der Waals surface area contributed by atoms with Gasteiger partial charge in [-0.2, -0.15) is 0 Å². The summed E-state index contributed by atoms with van der Waals surface area (Å²) < 4.78 is 28.0. The van der Waals surface area contributed by atoms with Crippen molar-refractivity contribution < 1.29 is 8.42 Å². The third-order valence-electron chi connectivity index (χ3n) is 2.66. The Bertz CT molecular complexity index is 718. The number of rotatable bonds is 4. The van der Waals surface area contributed by atoms with Gasteiger partial charge in [0.1, 0.15) is 5.82 Å². The van der Waals surface area contributed by atoms with E-state index < -0.39 is 10.0 Å². The van der Waals surface area contributed by atoms with Crippen LogP contribution in [0.25, 0.3) is 0 Å². The normalized spacial score (nSPS) is 11.3. The van der Waals surface area contributed by atoms with Gasteiger partial charge in [-0.3, -0.25) is 4.72 Å². The van der Waals surface area contributed by atoms with E-state index in [0.717, 1.165) is 10.0 Å². The molecule has 0 saturated heterocycles. The molecule has 2 rings (SSSR count). The Morgan fingerprint density at radius 1 is 1.30 bits per heavy atom. The summed E-state index contributed by atoms with van der Waals surface area (Å²) in [4.78, 5) is 4.18. The summed E-state index contributed by atoms with van der Waals surface area (Å²) in [6.07, 6.45) is 2.01. The van der Waals surface area contributed by atoms with Gasteiger partial charge in [0.2, 0.25) is 0 Å². The number of halogens is 2. The Morgan fingerprint density at radius 2 is 2.05 bits per heavy atom. The van der Waals surface area contributed by atoms with Crippen LogP contribution in [0.1, 0.15) is 12.5 Å². The van der Waals surface area contributed by atoms with Crippen molar-refractivity contribution in [2.75, 3.05) is 4.72 Å². The average molecular weight is 376 g/mol. The maximum absolute atomic E-state index is 12.4. The summed E-state index contributed by atoms with van der Waals surface area (Å²) in [6.45, 7) is 1.90. The molecule has 2 aromatic rings. The first kappa shape index (κ1) is 15.3. The minimum atomic E-state index is -3.66. The molecule has 1 aromatic carbocycles. The molecule has 0 spiro atoms. The quantitative estimate of drug-likeness (QED) is 0.882. The molecule has 0 aliphatic heterocycles. The highest BCUT2D eigenvalue weighted by Gasteiger charge is 2.18. The molecule has 1 aromatic heterocycles. The van der Waals surface area contributed by atoms with Crippen molar-refractivity contribution in [3.63, 3.8) is 0 Å². The highest BCUT2D eigenvalue weighted by molar-refractivity contribution is 9.10. The first-order valence-corrected chi connectivity index (χ1v) is 8.50. The molecular formula is C13H12BrClN2O2S. The lowest BCUT2D eigenvalue weighted by Crippen LogP contribution is -2.15. The van der Waals surface area contributed by atoms with Crippen LogP contribution in [0.15, 0.2) is 45.9 Å². The van der Waals surface area contributed by atoms with Crippen molar-refractivity contribution in [1.82, 2.24) is 4.98 Å². The van der Waals surface area contributed by atoms with Gasteiger partial charge in [0.15, 0.2) is 0 Å². The second kappa shape index (κ2) is 6.11. The largest absolute Gasteiger partial charge is 0.263 e. The summed E-state index contributed by atoms with van der Waals surface area (Å²) in [7, 11) is -3.66. The fourth-order valence-corrected chi connectivity index (χ4v) is 3.54. The van der Waals surface area contributed by atoms with Crippen LogP contribution >= 0.6 is 27.5 Å². The molecule has 4 nitrogen and oxygen atoms in total. The predicted molar refractivity (Wildman–Crippen MR) is 83.6 cm³/mol. The van der Waals surface area contributed by atoms with Crippen molar-refractivity contribution in [1.29, 1.82) is 0 Å². The van der Waals surface area contributed by atoms with Crippen LogP contribution in [0.3, 0.4) is 0 Å². The SMILES string of the molecule is CCc1cc(Br)ccc1S(=O)(=O)Nc1ccc(Cl)cn1. The number of aryl methyl sites for hydroxylation is 1. The van der Waals surface area contributed by atoms with Crippen molar-refractivity contribution in [2.45, 2.75) is 18.2 Å². The zero-order valence-electron chi connectivity index (χ0n) is 10.6. The van der Waals surface area contributed by atoms with E-state index in [0.29, 0.717) is 11.4 Å². The summed E-state index contributed by atoms with van der Waals surface area (Å²) in [5.41, 5.74) is 0.737. The molecule has 0 bridgehead atoms. The third kappa shape index (κ3) is 3.50. The van der Waals surface area contributed by atoms with Crippen LogP contribution in [0.4, 0.5) is 5.82 Å². The number of sulfonamides is 1. The maximum atomic E-state index is 12.4. The molecule has 106 valence electrons. The summed E-state index contributed by atoms with van der Waals surface area (Å²) in [5.74, 6) is 0.236. The molecular weight excluding hydrogens is 364 g/mol. The van der Waals surface area contributed by atoms with Gasteiger partial charge >= 0.3 is 0 Å². The molecule has 0 unspecified atom stereocenters. The second-order valence-electron chi connectivity index (χ2n) is 4.07. The molecule has 0 aliphatic carbocycles. The second-order valence-corrected chi connectivity index (χ2v) is 7.08. The lowest BCUT2D eigenvalue weighted by Gasteiger charge is -2.11. The Kier molecular flexibility index (Phi) is 4.67. The Morgan fingerprint density at radius 3 is 2.65 bits per heavy atom. The molecule has 0 amide bonds. The number of pyridine rings is 1. The van der Waals surface area contributed by atoms with E-state index in [2.05, 4.69) is 25.6 Å². The summed E-state index contributed by atoms with van der Waals surface area (Å²) in [6, 6.07) is 8.16. The van der Waals surface area contributed by atoms with E-state index in [1.54, 1.807) is 24.3 Å². The van der Waals surface area contributed by atoms with Crippen LogP contribution < -0.4 is 4.72 Å². The topological polar surface area (TPSA) is 59.1 Å². The molecule has 1 heterocycles. The van der Waals surface area contributed by atoms with Crippen molar-refractivity contribution in [3.8, 4) is 0 Å². The van der Waals surface area contributed by atoms with Crippen molar-refractivity contribution >= 4 is 43.4 Å². The summed E-state index contributed by atoms with van der Waals surface area (Å²) >= 11 is 9.06. The molecule has 0 fully saturated rings. The maximum Gasteiger partial charge on any atom is 0.263 e. The average Bonchev–Trinajstić information content (AvgIpc) is 2.40. The van der Waals surface area contributed by atoms with E-state index in [4.69, 9.17) is 11.6 Å². The van der Waals surface area contributed by atoms with Gasteiger partial charge in [-0.15, -0.1) is 0 Å².